The molecule has 3 rings (SSSR count). The summed E-state index contributed by atoms with van der Waals surface area (Å²) in [7, 11) is 0. The van der Waals surface area contributed by atoms with Crippen molar-refractivity contribution in [2.45, 2.75) is 13.0 Å². The molecular formula is C13H11ClN2O3. The molecule has 0 radical (unpaired) electrons. The number of ether oxygens (including phenoxy) is 1. The molecular weight excluding hydrogens is 268 g/mol. The summed E-state index contributed by atoms with van der Waals surface area (Å²) >= 11 is 5.86. The van der Waals surface area contributed by atoms with Crippen molar-refractivity contribution >= 4 is 11.6 Å². The number of aromatic nitrogens is 2. The Bertz CT molecular complexity index is 697. The number of phenols is 1. The summed E-state index contributed by atoms with van der Waals surface area (Å²) < 4.78 is 5.24. The minimum atomic E-state index is -0.191. The van der Waals surface area contributed by atoms with Crippen molar-refractivity contribution < 1.29 is 9.84 Å². The molecule has 0 spiro atoms. The Labute approximate surface area is 113 Å². The van der Waals surface area contributed by atoms with Crippen LogP contribution in [0, 0.1) is 0 Å². The summed E-state index contributed by atoms with van der Waals surface area (Å²) in [6.07, 6.45) is 0.623. The highest BCUT2D eigenvalue weighted by molar-refractivity contribution is 6.32. The van der Waals surface area contributed by atoms with E-state index in [0.29, 0.717) is 36.6 Å². The van der Waals surface area contributed by atoms with Crippen LogP contribution in [-0.2, 0) is 17.8 Å². The van der Waals surface area contributed by atoms with E-state index in [9.17, 15) is 9.90 Å². The molecule has 19 heavy (non-hydrogen) atoms. The van der Waals surface area contributed by atoms with E-state index in [2.05, 4.69) is 9.97 Å². The molecule has 0 unspecified atom stereocenters. The number of rotatable bonds is 1. The van der Waals surface area contributed by atoms with Crippen LogP contribution in [0.5, 0.6) is 5.75 Å². The molecule has 0 saturated heterocycles. The largest absolute Gasteiger partial charge is 0.506 e. The number of aromatic hydroxyl groups is 1. The van der Waals surface area contributed by atoms with Crippen LogP contribution in [0.25, 0.3) is 11.4 Å². The lowest BCUT2D eigenvalue weighted by Gasteiger charge is -2.15. The summed E-state index contributed by atoms with van der Waals surface area (Å²) in [4.78, 5) is 19.1. The fraction of sp³-hybridized carbons (Fsp3) is 0.231. The van der Waals surface area contributed by atoms with Crippen LogP contribution >= 0.6 is 11.6 Å². The summed E-state index contributed by atoms with van der Waals surface area (Å²) in [6, 6.07) is 4.70. The van der Waals surface area contributed by atoms with Crippen LogP contribution < -0.4 is 5.56 Å². The fourth-order valence-corrected chi connectivity index (χ4v) is 2.21. The zero-order valence-corrected chi connectivity index (χ0v) is 10.7. The standard InChI is InChI=1S/C13H11ClN2O3/c14-9-5-7(1-2-11(9)17)12-15-10-3-4-19-6-8(10)13(18)16-12/h1-2,5,17H,3-4,6H2,(H,15,16,18). The first-order chi connectivity index (χ1) is 9.15. The molecule has 1 aromatic heterocycles. The van der Waals surface area contributed by atoms with E-state index in [1.165, 1.54) is 6.07 Å². The summed E-state index contributed by atoms with van der Waals surface area (Å²) in [5.41, 5.74) is 1.81. The lowest BCUT2D eigenvalue weighted by molar-refractivity contribution is 0.108. The van der Waals surface area contributed by atoms with Crippen LogP contribution in [0.1, 0.15) is 11.3 Å². The van der Waals surface area contributed by atoms with E-state index in [4.69, 9.17) is 16.3 Å². The third kappa shape index (κ3) is 2.22. The zero-order chi connectivity index (χ0) is 13.4. The number of halogens is 1. The van der Waals surface area contributed by atoms with Crippen molar-refractivity contribution in [2.24, 2.45) is 0 Å². The second-order valence-corrected chi connectivity index (χ2v) is 4.72. The minimum absolute atomic E-state index is 0.000811. The normalized spacial score (nSPS) is 14.2. The monoisotopic (exact) mass is 278 g/mol. The van der Waals surface area contributed by atoms with E-state index >= 15 is 0 Å². The van der Waals surface area contributed by atoms with Gasteiger partial charge in [-0.3, -0.25) is 4.79 Å². The molecule has 0 saturated carbocycles. The predicted octanol–water partition coefficient (Wildman–Crippen LogP) is 1.87. The van der Waals surface area contributed by atoms with Crippen molar-refractivity contribution in [3.05, 3.63) is 44.8 Å². The van der Waals surface area contributed by atoms with E-state index in [-0.39, 0.29) is 16.3 Å². The van der Waals surface area contributed by atoms with E-state index < -0.39 is 0 Å². The molecule has 0 atom stereocenters. The maximum atomic E-state index is 12.0. The highest BCUT2D eigenvalue weighted by Gasteiger charge is 2.16. The number of H-pyrrole nitrogens is 1. The minimum Gasteiger partial charge on any atom is -0.506 e. The van der Waals surface area contributed by atoms with Gasteiger partial charge in [0.25, 0.3) is 5.56 Å². The number of nitrogens with zero attached hydrogens (tertiary/aromatic N) is 1. The van der Waals surface area contributed by atoms with Crippen molar-refractivity contribution in [1.82, 2.24) is 9.97 Å². The van der Waals surface area contributed by atoms with Crippen molar-refractivity contribution in [1.29, 1.82) is 0 Å². The van der Waals surface area contributed by atoms with Gasteiger partial charge >= 0.3 is 0 Å². The molecule has 1 aliphatic heterocycles. The highest BCUT2D eigenvalue weighted by Crippen LogP contribution is 2.27. The molecule has 0 bridgehead atoms. The lowest BCUT2D eigenvalue weighted by Crippen LogP contribution is -2.24. The molecule has 6 heteroatoms. The Morgan fingerprint density at radius 1 is 1.42 bits per heavy atom. The van der Waals surface area contributed by atoms with Gasteiger partial charge in [-0.15, -0.1) is 0 Å². The number of aromatic amines is 1. The van der Waals surface area contributed by atoms with Crippen molar-refractivity contribution in [3.63, 3.8) is 0 Å². The molecule has 1 aromatic carbocycles. The summed E-state index contributed by atoms with van der Waals surface area (Å²) in [5.74, 6) is 0.451. The van der Waals surface area contributed by atoms with E-state index in [1.54, 1.807) is 12.1 Å². The first kappa shape index (κ1) is 12.2. The van der Waals surface area contributed by atoms with Gasteiger partial charge in [0, 0.05) is 12.0 Å². The highest BCUT2D eigenvalue weighted by atomic mass is 35.5. The Balaban J connectivity index is 2.12. The average molecular weight is 279 g/mol. The Morgan fingerprint density at radius 3 is 3.05 bits per heavy atom. The third-order valence-electron chi connectivity index (χ3n) is 3.05. The first-order valence-corrected chi connectivity index (χ1v) is 6.21. The van der Waals surface area contributed by atoms with Gasteiger partial charge in [-0.1, -0.05) is 11.6 Å². The van der Waals surface area contributed by atoms with Crippen LogP contribution in [0.2, 0.25) is 5.02 Å². The smallest absolute Gasteiger partial charge is 0.256 e. The Kier molecular flexibility index (Phi) is 3.00. The van der Waals surface area contributed by atoms with Gasteiger partial charge in [-0.05, 0) is 18.2 Å². The lowest BCUT2D eigenvalue weighted by atomic mass is 10.1. The van der Waals surface area contributed by atoms with Gasteiger partial charge in [0.15, 0.2) is 0 Å². The SMILES string of the molecule is O=c1[nH]c(-c2ccc(O)c(Cl)c2)nc2c1COCC2. The number of phenolic OH excluding ortho intramolecular Hbond substituents is 1. The second-order valence-electron chi connectivity index (χ2n) is 4.31. The topological polar surface area (TPSA) is 75.2 Å². The Hall–Kier alpha value is -1.85. The number of nitrogens with one attached hydrogen (secondary N) is 1. The van der Waals surface area contributed by atoms with Gasteiger partial charge in [0.05, 0.1) is 29.5 Å². The zero-order valence-electron chi connectivity index (χ0n) is 9.94. The number of hydrogen-bond donors (Lipinski definition) is 2. The van der Waals surface area contributed by atoms with Gasteiger partial charge < -0.3 is 14.8 Å². The molecule has 2 heterocycles. The predicted molar refractivity (Wildman–Crippen MR) is 70.3 cm³/mol. The number of fused-ring (bicyclic) bond motifs is 1. The maximum absolute atomic E-state index is 12.0. The molecule has 5 nitrogen and oxygen atoms in total. The first-order valence-electron chi connectivity index (χ1n) is 5.84. The van der Waals surface area contributed by atoms with E-state index in [0.717, 1.165) is 5.69 Å². The molecule has 0 aliphatic carbocycles. The second kappa shape index (κ2) is 4.68. The van der Waals surface area contributed by atoms with E-state index in [1.807, 2.05) is 0 Å². The molecule has 0 fully saturated rings. The number of hydrogen-bond acceptors (Lipinski definition) is 4. The summed E-state index contributed by atoms with van der Waals surface area (Å²) in [6.45, 7) is 0.869. The van der Waals surface area contributed by atoms with Gasteiger partial charge in [0.2, 0.25) is 0 Å². The Morgan fingerprint density at radius 2 is 2.26 bits per heavy atom. The third-order valence-corrected chi connectivity index (χ3v) is 3.35. The van der Waals surface area contributed by atoms with Gasteiger partial charge in [-0.25, -0.2) is 4.98 Å². The molecule has 2 aromatic rings. The van der Waals surface area contributed by atoms with Crippen LogP contribution in [0.15, 0.2) is 23.0 Å². The summed E-state index contributed by atoms with van der Waals surface area (Å²) in [5, 5.41) is 9.62. The average Bonchev–Trinajstić information content (AvgIpc) is 2.42. The molecule has 98 valence electrons. The van der Waals surface area contributed by atoms with Crippen LogP contribution in [0.3, 0.4) is 0 Å². The van der Waals surface area contributed by atoms with Crippen molar-refractivity contribution in [2.75, 3.05) is 6.61 Å². The van der Waals surface area contributed by atoms with Gasteiger partial charge in [0.1, 0.15) is 11.6 Å². The van der Waals surface area contributed by atoms with Crippen LogP contribution in [0.4, 0.5) is 0 Å². The quantitative estimate of drug-likeness (QED) is 0.835. The fourth-order valence-electron chi connectivity index (χ4n) is 2.03. The van der Waals surface area contributed by atoms with Crippen LogP contribution in [-0.4, -0.2) is 21.7 Å². The van der Waals surface area contributed by atoms with Gasteiger partial charge in [-0.2, -0.15) is 0 Å². The molecule has 0 amide bonds. The molecule has 1 aliphatic rings. The van der Waals surface area contributed by atoms with Crippen molar-refractivity contribution in [3.8, 4) is 17.1 Å². The maximum Gasteiger partial charge on any atom is 0.256 e. The molecule has 2 N–H and O–H groups in total. The number of benzene rings is 1.